The molecule has 1 amide bonds. The third kappa shape index (κ3) is 3.77. The Labute approximate surface area is 145 Å². The minimum atomic E-state index is -0.797. The maximum atomic E-state index is 12.3. The normalized spacial score (nSPS) is 16.6. The lowest BCUT2D eigenvalue weighted by molar-refractivity contribution is -0.129. The summed E-state index contributed by atoms with van der Waals surface area (Å²) in [4.78, 5) is 14.6. The lowest BCUT2D eigenvalue weighted by Crippen LogP contribution is -2.56. The van der Waals surface area contributed by atoms with Crippen molar-refractivity contribution in [2.75, 3.05) is 20.3 Å². The number of hydrogen-bond donors (Lipinski definition) is 2. The first-order valence-electron chi connectivity index (χ1n) is 7.99. The van der Waals surface area contributed by atoms with Gasteiger partial charge < -0.3 is 20.5 Å². The molecule has 1 aliphatic heterocycles. The van der Waals surface area contributed by atoms with Crippen molar-refractivity contribution in [1.82, 2.24) is 5.32 Å². The molecule has 3 N–H and O–H groups in total. The second-order valence-electron chi connectivity index (χ2n) is 5.95. The number of nitrogens with two attached hydrogens (primary N) is 1. The van der Waals surface area contributed by atoms with E-state index in [1.165, 1.54) is 0 Å². The SMILES string of the molecule is COc1ccc(-c2ccc(CNC(=O)C3(N)CCOCC3)s2)cc1. The van der Waals surface area contributed by atoms with Crippen LogP contribution in [0.4, 0.5) is 0 Å². The summed E-state index contributed by atoms with van der Waals surface area (Å²) in [5.74, 6) is 0.748. The van der Waals surface area contributed by atoms with Crippen LogP contribution in [-0.2, 0) is 16.1 Å². The quantitative estimate of drug-likeness (QED) is 0.873. The van der Waals surface area contributed by atoms with Gasteiger partial charge in [-0.2, -0.15) is 0 Å². The maximum absolute atomic E-state index is 12.3. The summed E-state index contributed by atoms with van der Waals surface area (Å²) in [5.41, 5.74) is 6.53. The van der Waals surface area contributed by atoms with E-state index in [1.54, 1.807) is 18.4 Å². The first kappa shape index (κ1) is 17.0. The van der Waals surface area contributed by atoms with Crippen LogP contribution >= 0.6 is 11.3 Å². The van der Waals surface area contributed by atoms with Gasteiger partial charge in [-0.05, 0) is 54.8 Å². The molecular formula is C18H22N2O3S. The van der Waals surface area contributed by atoms with Crippen LogP contribution < -0.4 is 15.8 Å². The molecule has 1 aromatic carbocycles. The van der Waals surface area contributed by atoms with E-state index >= 15 is 0 Å². The lowest BCUT2D eigenvalue weighted by atomic mass is 9.90. The molecule has 1 fully saturated rings. The molecule has 128 valence electrons. The number of nitrogens with one attached hydrogen (secondary N) is 1. The summed E-state index contributed by atoms with van der Waals surface area (Å²) < 4.78 is 10.5. The number of carbonyl (C=O) groups excluding carboxylic acids is 1. The van der Waals surface area contributed by atoms with Crippen molar-refractivity contribution in [2.24, 2.45) is 5.73 Å². The Morgan fingerprint density at radius 2 is 1.96 bits per heavy atom. The fraction of sp³-hybridized carbons (Fsp3) is 0.389. The van der Waals surface area contributed by atoms with Crippen LogP contribution in [0.15, 0.2) is 36.4 Å². The van der Waals surface area contributed by atoms with Gasteiger partial charge in [-0.1, -0.05) is 0 Å². The van der Waals surface area contributed by atoms with Gasteiger partial charge in [-0.3, -0.25) is 4.79 Å². The molecule has 5 nitrogen and oxygen atoms in total. The van der Waals surface area contributed by atoms with Gasteiger partial charge in [0.15, 0.2) is 0 Å². The minimum absolute atomic E-state index is 0.0924. The molecule has 1 aromatic heterocycles. The number of ether oxygens (including phenoxy) is 2. The molecule has 0 saturated carbocycles. The molecule has 3 rings (SSSR count). The highest BCUT2D eigenvalue weighted by molar-refractivity contribution is 7.15. The van der Waals surface area contributed by atoms with Crippen molar-refractivity contribution in [3.8, 4) is 16.2 Å². The highest BCUT2D eigenvalue weighted by Gasteiger charge is 2.35. The lowest BCUT2D eigenvalue weighted by Gasteiger charge is -2.31. The highest BCUT2D eigenvalue weighted by atomic mass is 32.1. The number of methoxy groups -OCH3 is 1. The third-order valence-corrected chi connectivity index (χ3v) is 5.43. The van der Waals surface area contributed by atoms with E-state index < -0.39 is 5.54 Å². The van der Waals surface area contributed by atoms with Gasteiger partial charge in [0.25, 0.3) is 0 Å². The van der Waals surface area contributed by atoms with Gasteiger partial charge in [0.2, 0.25) is 5.91 Å². The molecule has 0 bridgehead atoms. The molecule has 0 unspecified atom stereocenters. The molecule has 1 saturated heterocycles. The van der Waals surface area contributed by atoms with Crippen LogP contribution in [0.1, 0.15) is 17.7 Å². The second kappa shape index (κ2) is 7.34. The summed E-state index contributed by atoms with van der Waals surface area (Å²) in [5, 5.41) is 2.96. The van der Waals surface area contributed by atoms with Gasteiger partial charge >= 0.3 is 0 Å². The van der Waals surface area contributed by atoms with E-state index in [-0.39, 0.29) is 5.91 Å². The van der Waals surface area contributed by atoms with Crippen molar-refractivity contribution in [1.29, 1.82) is 0 Å². The van der Waals surface area contributed by atoms with Crippen LogP contribution in [0.25, 0.3) is 10.4 Å². The summed E-state index contributed by atoms with van der Waals surface area (Å²) in [6.45, 7) is 1.59. The Hall–Kier alpha value is -1.89. The summed E-state index contributed by atoms with van der Waals surface area (Å²) >= 11 is 1.67. The third-order valence-electron chi connectivity index (χ3n) is 4.30. The summed E-state index contributed by atoms with van der Waals surface area (Å²) in [6.07, 6.45) is 1.14. The molecule has 1 aliphatic rings. The van der Waals surface area contributed by atoms with Crippen LogP contribution in [0.5, 0.6) is 5.75 Å². The van der Waals surface area contributed by atoms with Crippen molar-refractivity contribution in [3.05, 3.63) is 41.3 Å². The number of benzene rings is 1. The zero-order chi connectivity index (χ0) is 17.0. The van der Waals surface area contributed by atoms with E-state index in [9.17, 15) is 4.79 Å². The van der Waals surface area contributed by atoms with Crippen LogP contribution in [0.2, 0.25) is 0 Å². The minimum Gasteiger partial charge on any atom is -0.497 e. The Morgan fingerprint density at radius 3 is 2.62 bits per heavy atom. The molecular weight excluding hydrogens is 324 g/mol. The van der Waals surface area contributed by atoms with Gasteiger partial charge in [-0.15, -0.1) is 11.3 Å². The van der Waals surface area contributed by atoms with Crippen LogP contribution in [0, 0.1) is 0 Å². The molecule has 6 heteroatoms. The molecule has 0 atom stereocenters. The summed E-state index contributed by atoms with van der Waals surface area (Å²) in [6, 6.07) is 12.1. The highest BCUT2D eigenvalue weighted by Crippen LogP contribution is 2.29. The summed E-state index contributed by atoms with van der Waals surface area (Å²) in [7, 11) is 1.66. The average Bonchev–Trinajstić information content (AvgIpc) is 3.09. The Kier molecular flexibility index (Phi) is 5.18. The fourth-order valence-electron chi connectivity index (χ4n) is 2.69. The number of hydrogen-bond acceptors (Lipinski definition) is 5. The first-order valence-corrected chi connectivity index (χ1v) is 8.80. The van der Waals surface area contributed by atoms with E-state index in [1.807, 2.05) is 30.3 Å². The standard InChI is InChI=1S/C18H22N2O3S/c1-22-14-4-2-13(3-5-14)16-7-6-15(24-16)12-20-17(21)18(19)8-10-23-11-9-18/h2-7H,8-12,19H2,1H3,(H,20,21). The zero-order valence-corrected chi connectivity index (χ0v) is 14.5. The molecule has 2 heterocycles. The van der Waals surface area contributed by atoms with E-state index in [2.05, 4.69) is 11.4 Å². The van der Waals surface area contributed by atoms with E-state index in [4.69, 9.17) is 15.2 Å². The fourth-order valence-corrected chi connectivity index (χ4v) is 3.64. The maximum Gasteiger partial charge on any atom is 0.240 e. The van der Waals surface area contributed by atoms with Crippen LogP contribution in [0.3, 0.4) is 0 Å². The zero-order valence-electron chi connectivity index (χ0n) is 13.7. The van der Waals surface area contributed by atoms with Crippen LogP contribution in [-0.4, -0.2) is 31.8 Å². The smallest absolute Gasteiger partial charge is 0.240 e. The van der Waals surface area contributed by atoms with Crippen molar-refractivity contribution >= 4 is 17.2 Å². The molecule has 2 aromatic rings. The topological polar surface area (TPSA) is 73.6 Å². The molecule has 0 radical (unpaired) electrons. The number of amides is 1. The Morgan fingerprint density at radius 1 is 1.25 bits per heavy atom. The van der Waals surface area contributed by atoms with Crippen molar-refractivity contribution in [3.63, 3.8) is 0 Å². The molecule has 0 spiro atoms. The first-order chi connectivity index (χ1) is 11.6. The van der Waals surface area contributed by atoms with Crippen molar-refractivity contribution in [2.45, 2.75) is 24.9 Å². The van der Waals surface area contributed by atoms with Gasteiger partial charge in [0, 0.05) is 23.0 Å². The average molecular weight is 346 g/mol. The monoisotopic (exact) mass is 346 g/mol. The predicted molar refractivity (Wildman–Crippen MR) is 95.1 cm³/mol. The van der Waals surface area contributed by atoms with E-state index in [0.29, 0.717) is 32.6 Å². The second-order valence-corrected chi connectivity index (χ2v) is 7.11. The van der Waals surface area contributed by atoms with E-state index in [0.717, 1.165) is 21.1 Å². The molecule has 0 aliphatic carbocycles. The van der Waals surface area contributed by atoms with Gasteiger partial charge in [0.05, 0.1) is 19.2 Å². The van der Waals surface area contributed by atoms with Gasteiger partial charge in [0.1, 0.15) is 5.75 Å². The number of carbonyl (C=O) groups is 1. The van der Waals surface area contributed by atoms with Crippen molar-refractivity contribution < 1.29 is 14.3 Å². The largest absolute Gasteiger partial charge is 0.497 e. The predicted octanol–water partition coefficient (Wildman–Crippen LogP) is 2.55. The number of rotatable bonds is 5. The molecule has 24 heavy (non-hydrogen) atoms. The Balaban J connectivity index is 1.60. The Bertz CT molecular complexity index is 691. The number of thiophene rings is 1. The van der Waals surface area contributed by atoms with Gasteiger partial charge in [-0.25, -0.2) is 0 Å².